The molecule has 0 amide bonds. The minimum absolute atomic E-state index is 0.459. The zero-order valence-corrected chi connectivity index (χ0v) is 10.8. The van der Waals surface area contributed by atoms with E-state index < -0.39 is 5.60 Å². The molecule has 1 aromatic rings. The summed E-state index contributed by atoms with van der Waals surface area (Å²) < 4.78 is 0. The van der Waals surface area contributed by atoms with Crippen molar-refractivity contribution in [3.8, 4) is 0 Å². The number of aliphatic hydroxyl groups is 1. The molecule has 16 heavy (non-hydrogen) atoms. The monoisotopic (exact) mass is 239 g/mol. The van der Waals surface area contributed by atoms with Crippen LogP contribution in [0.1, 0.15) is 35.9 Å². The molecule has 0 unspecified atom stereocenters. The van der Waals surface area contributed by atoms with Crippen molar-refractivity contribution in [2.75, 3.05) is 13.1 Å². The summed E-state index contributed by atoms with van der Waals surface area (Å²) in [6, 6.07) is 4.41. The molecule has 0 radical (unpaired) electrons. The molecule has 0 aliphatic carbocycles. The summed E-state index contributed by atoms with van der Waals surface area (Å²) in [7, 11) is 0. The maximum Gasteiger partial charge on any atom is 0.0720 e. The Morgan fingerprint density at radius 3 is 2.69 bits per heavy atom. The van der Waals surface area contributed by atoms with Crippen LogP contribution in [-0.4, -0.2) is 23.8 Å². The van der Waals surface area contributed by atoms with Crippen molar-refractivity contribution in [1.82, 2.24) is 5.32 Å². The molecule has 3 heteroatoms. The molecule has 0 aromatic carbocycles. The van der Waals surface area contributed by atoms with Crippen LogP contribution in [0.15, 0.2) is 12.1 Å². The Morgan fingerprint density at radius 2 is 2.00 bits per heavy atom. The highest BCUT2D eigenvalue weighted by Crippen LogP contribution is 2.27. The van der Waals surface area contributed by atoms with Crippen LogP contribution in [0.2, 0.25) is 0 Å². The highest BCUT2D eigenvalue weighted by atomic mass is 32.1. The number of hydrogen-bond acceptors (Lipinski definition) is 3. The third kappa shape index (κ3) is 3.06. The highest BCUT2D eigenvalue weighted by Gasteiger charge is 2.29. The molecule has 2 nitrogen and oxygen atoms in total. The van der Waals surface area contributed by atoms with Gasteiger partial charge in [0.1, 0.15) is 0 Å². The Balaban J connectivity index is 1.96. The fraction of sp³-hybridized carbons (Fsp3) is 0.692. The van der Waals surface area contributed by atoms with Crippen LogP contribution in [0.3, 0.4) is 0 Å². The lowest BCUT2D eigenvalue weighted by molar-refractivity contribution is 0.0116. The van der Waals surface area contributed by atoms with Crippen LogP contribution < -0.4 is 5.32 Å². The second-order valence-corrected chi connectivity index (χ2v) is 6.02. The molecule has 0 bridgehead atoms. The van der Waals surface area contributed by atoms with E-state index in [2.05, 4.69) is 24.4 Å². The SMILES string of the molecule is CCCc1ccc(CC2(O)CCNCC2)s1. The molecule has 1 aliphatic heterocycles. The van der Waals surface area contributed by atoms with Gasteiger partial charge < -0.3 is 10.4 Å². The lowest BCUT2D eigenvalue weighted by Gasteiger charge is -2.32. The first-order valence-corrected chi connectivity index (χ1v) is 7.04. The topological polar surface area (TPSA) is 32.3 Å². The second kappa shape index (κ2) is 5.30. The van der Waals surface area contributed by atoms with E-state index in [4.69, 9.17) is 0 Å². The number of hydrogen-bond donors (Lipinski definition) is 2. The Bertz CT molecular complexity index is 328. The quantitative estimate of drug-likeness (QED) is 0.845. The van der Waals surface area contributed by atoms with E-state index in [1.807, 2.05) is 11.3 Å². The molecular formula is C13H21NOS. The maximum absolute atomic E-state index is 10.4. The highest BCUT2D eigenvalue weighted by molar-refractivity contribution is 7.12. The van der Waals surface area contributed by atoms with Crippen LogP contribution in [-0.2, 0) is 12.8 Å². The average Bonchev–Trinajstić information content (AvgIpc) is 2.66. The predicted molar refractivity (Wildman–Crippen MR) is 69.1 cm³/mol. The lowest BCUT2D eigenvalue weighted by atomic mass is 9.88. The molecule has 1 aromatic heterocycles. The Morgan fingerprint density at radius 1 is 1.31 bits per heavy atom. The molecule has 0 spiro atoms. The van der Waals surface area contributed by atoms with Gasteiger partial charge in [-0.15, -0.1) is 11.3 Å². The molecule has 1 fully saturated rings. The number of rotatable bonds is 4. The van der Waals surface area contributed by atoms with E-state index >= 15 is 0 Å². The van der Waals surface area contributed by atoms with Crippen molar-refractivity contribution in [2.45, 2.75) is 44.6 Å². The zero-order chi connectivity index (χ0) is 11.4. The smallest absolute Gasteiger partial charge is 0.0720 e. The van der Waals surface area contributed by atoms with Crippen LogP contribution >= 0.6 is 11.3 Å². The predicted octanol–water partition coefficient (Wildman–Crippen LogP) is 2.36. The van der Waals surface area contributed by atoms with Crippen molar-refractivity contribution in [3.63, 3.8) is 0 Å². The third-order valence-electron chi connectivity index (χ3n) is 3.25. The van der Waals surface area contributed by atoms with Crippen molar-refractivity contribution >= 4 is 11.3 Å². The summed E-state index contributed by atoms with van der Waals surface area (Å²) in [6.07, 6.45) is 4.98. The van der Waals surface area contributed by atoms with E-state index in [9.17, 15) is 5.11 Å². The summed E-state index contributed by atoms with van der Waals surface area (Å²) in [6.45, 7) is 4.10. The van der Waals surface area contributed by atoms with Gasteiger partial charge in [0, 0.05) is 16.2 Å². The van der Waals surface area contributed by atoms with E-state index in [0.717, 1.165) is 32.4 Å². The zero-order valence-electron chi connectivity index (χ0n) is 9.96. The molecule has 90 valence electrons. The normalized spacial score (nSPS) is 19.9. The molecule has 2 heterocycles. The summed E-state index contributed by atoms with van der Waals surface area (Å²) >= 11 is 1.87. The first-order valence-electron chi connectivity index (χ1n) is 6.22. The standard InChI is InChI=1S/C13H21NOS/c1-2-3-11-4-5-12(16-11)10-13(15)6-8-14-9-7-13/h4-5,14-15H,2-3,6-10H2,1H3. The molecule has 1 aliphatic rings. The lowest BCUT2D eigenvalue weighted by Crippen LogP contribution is -2.43. The summed E-state index contributed by atoms with van der Waals surface area (Å²) in [5.74, 6) is 0. The maximum atomic E-state index is 10.4. The Hall–Kier alpha value is -0.380. The number of nitrogens with one attached hydrogen (secondary N) is 1. The molecule has 1 saturated heterocycles. The second-order valence-electron chi connectivity index (χ2n) is 4.77. The van der Waals surface area contributed by atoms with Crippen LogP contribution in [0, 0.1) is 0 Å². The Labute approximate surface area is 102 Å². The van der Waals surface area contributed by atoms with Gasteiger partial charge in [0.15, 0.2) is 0 Å². The van der Waals surface area contributed by atoms with Gasteiger partial charge in [-0.05, 0) is 44.5 Å². The van der Waals surface area contributed by atoms with Gasteiger partial charge in [-0.1, -0.05) is 13.3 Å². The van der Waals surface area contributed by atoms with Crippen LogP contribution in [0.4, 0.5) is 0 Å². The van der Waals surface area contributed by atoms with Crippen LogP contribution in [0.5, 0.6) is 0 Å². The van der Waals surface area contributed by atoms with Crippen molar-refractivity contribution in [2.24, 2.45) is 0 Å². The van der Waals surface area contributed by atoms with E-state index in [-0.39, 0.29) is 0 Å². The first kappa shape index (κ1) is 12.1. The molecular weight excluding hydrogens is 218 g/mol. The number of aryl methyl sites for hydroxylation is 1. The minimum atomic E-state index is -0.459. The van der Waals surface area contributed by atoms with Gasteiger partial charge in [0.05, 0.1) is 5.60 Å². The fourth-order valence-corrected chi connectivity index (χ4v) is 3.55. The van der Waals surface area contributed by atoms with Gasteiger partial charge in [-0.2, -0.15) is 0 Å². The molecule has 2 rings (SSSR count). The van der Waals surface area contributed by atoms with E-state index in [1.54, 1.807) is 0 Å². The average molecular weight is 239 g/mol. The molecule has 2 N–H and O–H groups in total. The van der Waals surface area contributed by atoms with Gasteiger partial charge >= 0.3 is 0 Å². The van der Waals surface area contributed by atoms with Gasteiger partial charge in [0.2, 0.25) is 0 Å². The van der Waals surface area contributed by atoms with Gasteiger partial charge in [0.25, 0.3) is 0 Å². The molecule has 0 atom stereocenters. The van der Waals surface area contributed by atoms with Crippen LogP contribution in [0.25, 0.3) is 0 Å². The summed E-state index contributed by atoms with van der Waals surface area (Å²) in [5, 5.41) is 13.7. The van der Waals surface area contributed by atoms with E-state index in [1.165, 1.54) is 22.6 Å². The largest absolute Gasteiger partial charge is 0.389 e. The Kier molecular flexibility index (Phi) is 4.00. The number of thiophene rings is 1. The van der Waals surface area contributed by atoms with Gasteiger partial charge in [-0.3, -0.25) is 0 Å². The number of piperidine rings is 1. The van der Waals surface area contributed by atoms with Crippen molar-refractivity contribution in [1.29, 1.82) is 0 Å². The van der Waals surface area contributed by atoms with Crippen molar-refractivity contribution < 1.29 is 5.11 Å². The van der Waals surface area contributed by atoms with E-state index in [0.29, 0.717) is 0 Å². The third-order valence-corrected chi connectivity index (χ3v) is 4.40. The van der Waals surface area contributed by atoms with Crippen molar-refractivity contribution in [3.05, 3.63) is 21.9 Å². The minimum Gasteiger partial charge on any atom is -0.389 e. The fourth-order valence-electron chi connectivity index (χ4n) is 2.29. The molecule has 0 saturated carbocycles. The summed E-state index contributed by atoms with van der Waals surface area (Å²) in [5.41, 5.74) is -0.459. The van der Waals surface area contributed by atoms with Gasteiger partial charge in [-0.25, -0.2) is 0 Å². The summed E-state index contributed by atoms with van der Waals surface area (Å²) in [4.78, 5) is 2.79. The first-order chi connectivity index (χ1) is 7.72.